The molecule has 72 valence electrons. The molecule has 0 amide bonds. The monoisotopic (exact) mass is 189 g/mol. The topological polar surface area (TPSA) is 71.9 Å². The number of pyridine rings is 1. The molecule has 0 radical (unpaired) electrons. The number of hydrogen-bond donors (Lipinski definition) is 1. The van der Waals surface area contributed by atoms with Crippen molar-refractivity contribution >= 4 is 0 Å². The zero-order valence-corrected chi connectivity index (χ0v) is 7.73. The van der Waals surface area contributed by atoms with Crippen molar-refractivity contribution in [2.45, 2.75) is 25.5 Å². The Kier molecular flexibility index (Phi) is 2.33. The summed E-state index contributed by atoms with van der Waals surface area (Å²) in [7, 11) is 0. The molecule has 0 aliphatic heterocycles. The highest BCUT2D eigenvalue weighted by Gasteiger charge is 2.23. The van der Waals surface area contributed by atoms with Crippen LogP contribution < -0.4 is 10.5 Å². The van der Waals surface area contributed by atoms with E-state index in [1.807, 2.05) is 6.07 Å². The van der Waals surface area contributed by atoms with Gasteiger partial charge in [-0.25, -0.2) is 4.98 Å². The highest BCUT2D eigenvalue weighted by Crippen LogP contribution is 2.27. The van der Waals surface area contributed by atoms with Crippen molar-refractivity contribution in [1.29, 1.82) is 5.26 Å². The molecule has 0 saturated heterocycles. The predicted molar refractivity (Wildman–Crippen MR) is 50.5 cm³/mol. The van der Waals surface area contributed by atoms with Crippen LogP contribution in [0.2, 0.25) is 0 Å². The van der Waals surface area contributed by atoms with Gasteiger partial charge in [0, 0.05) is 12.1 Å². The lowest BCUT2D eigenvalue weighted by atomic mass is 10.2. The molecule has 1 heterocycles. The highest BCUT2D eigenvalue weighted by molar-refractivity contribution is 5.36. The molecule has 14 heavy (non-hydrogen) atoms. The average Bonchev–Trinajstić information content (AvgIpc) is 3.01. The van der Waals surface area contributed by atoms with E-state index >= 15 is 0 Å². The summed E-state index contributed by atoms with van der Waals surface area (Å²) in [6, 6.07) is 3.79. The number of aromatic nitrogens is 1. The van der Waals surface area contributed by atoms with Gasteiger partial charge in [-0.3, -0.25) is 0 Å². The first-order valence-corrected chi connectivity index (χ1v) is 4.59. The molecule has 4 heteroatoms. The first-order valence-electron chi connectivity index (χ1n) is 4.59. The van der Waals surface area contributed by atoms with Crippen molar-refractivity contribution in [2.24, 2.45) is 5.73 Å². The van der Waals surface area contributed by atoms with Gasteiger partial charge >= 0.3 is 0 Å². The van der Waals surface area contributed by atoms with Crippen LogP contribution in [-0.4, -0.2) is 11.1 Å². The summed E-state index contributed by atoms with van der Waals surface area (Å²) < 4.78 is 5.54. The van der Waals surface area contributed by atoms with Crippen LogP contribution in [-0.2, 0) is 6.54 Å². The number of nitriles is 1. The van der Waals surface area contributed by atoms with Crippen molar-refractivity contribution in [1.82, 2.24) is 4.98 Å². The average molecular weight is 189 g/mol. The minimum Gasteiger partial charge on any atom is -0.489 e. The second kappa shape index (κ2) is 3.64. The molecular weight excluding hydrogens is 178 g/mol. The smallest absolute Gasteiger partial charge is 0.145 e. The number of ether oxygens (including phenoxy) is 1. The number of nitrogens with zero attached hydrogens (tertiary/aromatic N) is 2. The largest absolute Gasteiger partial charge is 0.489 e. The minimum absolute atomic E-state index is 0.317. The Bertz CT molecular complexity index is 379. The molecule has 2 rings (SSSR count). The summed E-state index contributed by atoms with van der Waals surface area (Å²) in [6.45, 7) is 0.317. The summed E-state index contributed by atoms with van der Waals surface area (Å²) in [6.07, 6.45) is 4.14. The van der Waals surface area contributed by atoms with Crippen LogP contribution in [0.5, 0.6) is 5.75 Å². The Labute approximate surface area is 82.3 Å². The van der Waals surface area contributed by atoms with E-state index in [0.29, 0.717) is 24.1 Å². The molecule has 0 atom stereocenters. The van der Waals surface area contributed by atoms with E-state index in [-0.39, 0.29) is 0 Å². The Morgan fingerprint density at radius 3 is 3.00 bits per heavy atom. The molecule has 0 unspecified atom stereocenters. The van der Waals surface area contributed by atoms with Gasteiger partial charge in [0.05, 0.1) is 12.3 Å². The molecule has 1 aliphatic rings. The first kappa shape index (κ1) is 8.97. The first-order chi connectivity index (χ1) is 6.83. The van der Waals surface area contributed by atoms with E-state index in [1.54, 1.807) is 12.3 Å². The van der Waals surface area contributed by atoms with Crippen LogP contribution in [0.3, 0.4) is 0 Å². The summed E-state index contributed by atoms with van der Waals surface area (Å²) in [5.74, 6) is 0.715. The van der Waals surface area contributed by atoms with Crippen LogP contribution in [0.1, 0.15) is 24.1 Å². The van der Waals surface area contributed by atoms with Gasteiger partial charge in [-0.1, -0.05) is 0 Å². The van der Waals surface area contributed by atoms with E-state index in [2.05, 4.69) is 4.98 Å². The molecule has 1 aromatic heterocycles. The van der Waals surface area contributed by atoms with Gasteiger partial charge in [0.25, 0.3) is 0 Å². The second-order valence-electron chi connectivity index (χ2n) is 3.31. The van der Waals surface area contributed by atoms with E-state index in [4.69, 9.17) is 15.7 Å². The maximum Gasteiger partial charge on any atom is 0.145 e. The fourth-order valence-corrected chi connectivity index (χ4v) is 1.19. The second-order valence-corrected chi connectivity index (χ2v) is 3.31. The third-order valence-electron chi connectivity index (χ3n) is 2.09. The molecule has 2 N–H and O–H groups in total. The van der Waals surface area contributed by atoms with E-state index in [1.165, 1.54) is 0 Å². The fourth-order valence-electron chi connectivity index (χ4n) is 1.19. The van der Waals surface area contributed by atoms with E-state index < -0.39 is 0 Å². The van der Waals surface area contributed by atoms with Crippen molar-refractivity contribution in [3.8, 4) is 11.8 Å². The van der Waals surface area contributed by atoms with Crippen molar-refractivity contribution in [3.63, 3.8) is 0 Å². The third-order valence-corrected chi connectivity index (χ3v) is 2.09. The lowest BCUT2D eigenvalue weighted by Gasteiger charge is -2.05. The lowest BCUT2D eigenvalue weighted by Crippen LogP contribution is -2.04. The van der Waals surface area contributed by atoms with Gasteiger partial charge in [-0.15, -0.1) is 0 Å². The van der Waals surface area contributed by atoms with E-state index in [0.717, 1.165) is 18.4 Å². The normalized spacial score (nSPS) is 14.9. The Hall–Kier alpha value is -1.60. The minimum atomic E-state index is 0.317. The Balaban J connectivity index is 2.22. The molecule has 1 aliphatic carbocycles. The molecular formula is C10H11N3O. The molecule has 4 nitrogen and oxygen atoms in total. The summed E-state index contributed by atoms with van der Waals surface area (Å²) in [4.78, 5) is 3.98. The van der Waals surface area contributed by atoms with Crippen LogP contribution in [0, 0.1) is 11.3 Å². The molecule has 1 aromatic rings. The predicted octanol–water partition coefficient (Wildman–Crippen LogP) is 0.953. The van der Waals surface area contributed by atoms with Gasteiger partial charge < -0.3 is 10.5 Å². The van der Waals surface area contributed by atoms with Crippen molar-refractivity contribution in [2.75, 3.05) is 0 Å². The molecule has 0 bridgehead atoms. The standard InChI is InChI=1S/C10H11N3O/c11-4-7-3-9(14-8-1-2-8)6-13-10(7)5-12/h3,6,8H,1-2,4,11H2. The summed E-state index contributed by atoms with van der Waals surface area (Å²) in [5.41, 5.74) is 6.62. The van der Waals surface area contributed by atoms with Gasteiger partial charge in [-0.05, 0) is 18.9 Å². The molecule has 0 aromatic carbocycles. The maximum absolute atomic E-state index is 8.73. The zero-order chi connectivity index (χ0) is 9.97. The van der Waals surface area contributed by atoms with Crippen LogP contribution in [0.4, 0.5) is 0 Å². The van der Waals surface area contributed by atoms with Crippen molar-refractivity contribution < 1.29 is 4.74 Å². The van der Waals surface area contributed by atoms with Crippen LogP contribution in [0.15, 0.2) is 12.3 Å². The zero-order valence-electron chi connectivity index (χ0n) is 7.73. The van der Waals surface area contributed by atoms with Crippen LogP contribution in [0.25, 0.3) is 0 Å². The maximum atomic E-state index is 8.73. The molecule has 1 fully saturated rings. The van der Waals surface area contributed by atoms with Crippen molar-refractivity contribution in [3.05, 3.63) is 23.5 Å². The van der Waals surface area contributed by atoms with E-state index in [9.17, 15) is 0 Å². The number of rotatable bonds is 3. The molecule has 1 saturated carbocycles. The fraction of sp³-hybridized carbons (Fsp3) is 0.400. The summed E-state index contributed by atoms with van der Waals surface area (Å²) >= 11 is 0. The molecule has 0 spiro atoms. The lowest BCUT2D eigenvalue weighted by molar-refractivity contribution is 0.301. The SMILES string of the molecule is N#Cc1ncc(OC2CC2)cc1CN. The van der Waals surface area contributed by atoms with Gasteiger partial charge in [-0.2, -0.15) is 5.26 Å². The summed E-state index contributed by atoms with van der Waals surface area (Å²) in [5, 5.41) is 8.73. The van der Waals surface area contributed by atoms with Gasteiger partial charge in [0.15, 0.2) is 0 Å². The highest BCUT2D eigenvalue weighted by atomic mass is 16.5. The number of nitrogens with two attached hydrogens (primary N) is 1. The van der Waals surface area contributed by atoms with Gasteiger partial charge in [0.2, 0.25) is 0 Å². The third kappa shape index (κ3) is 1.83. The Morgan fingerprint density at radius 1 is 1.64 bits per heavy atom. The number of hydrogen-bond acceptors (Lipinski definition) is 4. The quantitative estimate of drug-likeness (QED) is 0.768. The Morgan fingerprint density at radius 2 is 2.43 bits per heavy atom. The van der Waals surface area contributed by atoms with Gasteiger partial charge in [0.1, 0.15) is 17.5 Å². The van der Waals surface area contributed by atoms with Crippen LogP contribution >= 0.6 is 0 Å².